The highest BCUT2D eigenvalue weighted by atomic mass is 19.1. The molecule has 1 saturated heterocycles. The van der Waals surface area contributed by atoms with E-state index in [0.717, 1.165) is 17.8 Å². The van der Waals surface area contributed by atoms with Crippen molar-refractivity contribution in [2.45, 2.75) is 37.8 Å². The van der Waals surface area contributed by atoms with Crippen LogP contribution in [0.2, 0.25) is 0 Å². The van der Waals surface area contributed by atoms with Crippen LogP contribution < -0.4 is 0 Å². The molecule has 0 bridgehead atoms. The standard InChI is InChI=1S/C25H24F2N2/c26-22-13-9-20(10-14-22)5-3-17-28-19-29(25-8-2-1-7-24(25)28)18-4-6-21-11-15-23(27)16-12-21/h9-16,24-25H,1-2,7-8,17-19H2. The molecule has 2 atom stereocenters. The summed E-state index contributed by atoms with van der Waals surface area (Å²) in [7, 11) is 0. The van der Waals surface area contributed by atoms with Crippen molar-refractivity contribution in [1.29, 1.82) is 0 Å². The van der Waals surface area contributed by atoms with Gasteiger partial charge in [0, 0.05) is 23.2 Å². The predicted octanol–water partition coefficient (Wildman–Crippen LogP) is 4.25. The van der Waals surface area contributed by atoms with Crippen LogP contribution >= 0.6 is 0 Å². The zero-order chi connectivity index (χ0) is 20.1. The number of fused-ring (bicyclic) bond motifs is 1. The van der Waals surface area contributed by atoms with Gasteiger partial charge in [-0.3, -0.25) is 9.80 Å². The van der Waals surface area contributed by atoms with E-state index in [1.165, 1.54) is 49.9 Å². The summed E-state index contributed by atoms with van der Waals surface area (Å²) in [4.78, 5) is 4.89. The van der Waals surface area contributed by atoms with E-state index in [1.807, 2.05) is 0 Å². The van der Waals surface area contributed by atoms with Crippen LogP contribution in [0.25, 0.3) is 0 Å². The maximum absolute atomic E-state index is 13.0. The lowest BCUT2D eigenvalue weighted by atomic mass is 9.90. The van der Waals surface area contributed by atoms with Gasteiger partial charge in [-0.2, -0.15) is 0 Å². The fraction of sp³-hybridized carbons (Fsp3) is 0.360. The van der Waals surface area contributed by atoms with Crippen LogP contribution in [0.15, 0.2) is 48.5 Å². The first kappa shape index (κ1) is 19.6. The molecule has 4 heteroatoms. The quantitative estimate of drug-likeness (QED) is 0.708. The van der Waals surface area contributed by atoms with Crippen LogP contribution in [-0.4, -0.2) is 41.6 Å². The van der Waals surface area contributed by atoms with E-state index in [2.05, 4.69) is 33.5 Å². The summed E-state index contributed by atoms with van der Waals surface area (Å²) < 4.78 is 26.0. The molecule has 1 aliphatic carbocycles. The van der Waals surface area contributed by atoms with Crippen molar-refractivity contribution in [3.63, 3.8) is 0 Å². The summed E-state index contributed by atoms with van der Waals surface area (Å²) >= 11 is 0. The van der Waals surface area contributed by atoms with Crippen LogP contribution in [-0.2, 0) is 0 Å². The third-order valence-electron chi connectivity index (χ3n) is 5.71. The molecule has 4 rings (SSSR count). The number of halogens is 2. The van der Waals surface area contributed by atoms with E-state index in [0.29, 0.717) is 25.2 Å². The third-order valence-corrected chi connectivity index (χ3v) is 5.71. The molecule has 2 aromatic carbocycles. The predicted molar refractivity (Wildman–Crippen MR) is 111 cm³/mol. The number of nitrogens with zero attached hydrogens (tertiary/aromatic N) is 2. The highest BCUT2D eigenvalue weighted by Crippen LogP contribution is 2.32. The highest BCUT2D eigenvalue weighted by molar-refractivity contribution is 5.35. The number of rotatable bonds is 2. The minimum absolute atomic E-state index is 0.238. The van der Waals surface area contributed by atoms with Crippen molar-refractivity contribution >= 4 is 0 Å². The molecule has 2 aromatic rings. The minimum atomic E-state index is -0.238. The van der Waals surface area contributed by atoms with Crippen molar-refractivity contribution in [2.75, 3.05) is 19.8 Å². The van der Waals surface area contributed by atoms with Crippen LogP contribution in [0.5, 0.6) is 0 Å². The molecular weight excluding hydrogens is 366 g/mol. The molecule has 1 heterocycles. The maximum atomic E-state index is 13.0. The second-order valence-corrected chi connectivity index (χ2v) is 7.67. The van der Waals surface area contributed by atoms with E-state index in [1.54, 1.807) is 24.3 Å². The summed E-state index contributed by atoms with van der Waals surface area (Å²) in [6.45, 7) is 2.28. The number of benzene rings is 2. The van der Waals surface area contributed by atoms with Crippen LogP contribution in [0.1, 0.15) is 36.8 Å². The molecule has 2 nitrogen and oxygen atoms in total. The molecule has 1 saturated carbocycles. The van der Waals surface area contributed by atoms with E-state index >= 15 is 0 Å². The Morgan fingerprint density at radius 3 is 1.52 bits per heavy atom. The van der Waals surface area contributed by atoms with E-state index in [-0.39, 0.29) is 11.6 Å². The first-order valence-electron chi connectivity index (χ1n) is 10.2. The Kier molecular flexibility index (Phi) is 6.25. The van der Waals surface area contributed by atoms with Gasteiger partial charge < -0.3 is 0 Å². The van der Waals surface area contributed by atoms with Gasteiger partial charge in [-0.1, -0.05) is 36.5 Å². The minimum Gasteiger partial charge on any atom is -0.275 e. The molecule has 1 aliphatic heterocycles. The molecule has 29 heavy (non-hydrogen) atoms. The van der Waals surface area contributed by atoms with Gasteiger partial charge in [0.05, 0.1) is 19.8 Å². The van der Waals surface area contributed by atoms with Crippen LogP contribution in [0.3, 0.4) is 0 Å². The number of hydrogen-bond acceptors (Lipinski definition) is 2. The zero-order valence-electron chi connectivity index (χ0n) is 16.4. The van der Waals surface area contributed by atoms with Crippen LogP contribution in [0.4, 0.5) is 8.78 Å². The lowest BCUT2D eigenvalue weighted by Crippen LogP contribution is -2.40. The molecule has 0 amide bonds. The van der Waals surface area contributed by atoms with Crippen molar-refractivity contribution in [2.24, 2.45) is 0 Å². The van der Waals surface area contributed by atoms with Gasteiger partial charge in [-0.25, -0.2) is 8.78 Å². The topological polar surface area (TPSA) is 6.48 Å². The van der Waals surface area contributed by atoms with Gasteiger partial charge in [0.25, 0.3) is 0 Å². The first-order chi connectivity index (χ1) is 14.2. The number of hydrogen-bond donors (Lipinski definition) is 0. The van der Waals surface area contributed by atoms with E-state index < -0.39 is 0 Å². The summed E-state index contributed by atoms with van der Waals surface area (Å²) in [6, 6.07) is 13.7. The monoisotopic (exact) mass is 390 g/mol. The summed E-state index contributed by atoms with van der Waals surface area (Å²) in [5, 5.41) is 0. The Bertz CT molecular complexity index is 865. The lowest BCUT2D eigenvalue weighted by Gasteiger charge is -2.31. The van der Waals surface area contributed by atoms with Gasteiger partial charge in [-0.15, -0.1) is 0 Å². The van der Waals surface area contributed by atoms with Gasteiger partial charge in [0.1, 0.15) is 11.6 Å². The van der Waals surface area contributed by atoms with Gasteiger partial charge >= 0.3 is 0 Å². The molecular formula is C25H24F2N2. The van der Waals surface area contributed by atoms with Crippen molar-refractivity contribution in [3.8, 4) is 23.7 Å². The van der Waals surface area contributed by atoms with Gasteiger partial charge in [-0.05, 0) is 61.4 Å². The largest absolute Gasteiger partial charge is 0.275 e. The van der Waals surface area contributed by atoms with Gasteiger partial charge in [0.15, 0.2) is 0 Å². The molecule has 0 N–H and O–H groups in total. The Morgan fingerprint density at radius 1 is 0.690 bits per heavy atom. The van der Waals surface area contributed by atoms with Crippen LogP contribution in [0, 0.1) is 35.3 Å². The van der Waals surface area contributed by atoms with E-state index in [9.17, 15) is 8.78 Å². The average Bonchev–Trinajstić information content (AvgIpc) is 3.09. The Hall–Kier alpha value is -2.66. The average molecular weight is 390 g/mol. The Balaban J connectivity index is 1.39. The van der Waals surface area contributed by atoms with Crippen molar-refractivity contribution in [3.05, 3.63) is 71.3 Å². The molecule has 2 fully saturated rings. The molecule has 2 unspecified atom stereocenters. The second kappa shape index (κ2) is 9.23. The van der Waals surface area contributed by atoms with Gasteiger partial charge in [0.2, 0.25) is 0 Å². The molecule has 0 spiro atoms. The Morgan fingerprint density at radius 2 is 1.10 bits per heavy atom. The summed E-state index contributed by atoms with van der Waals surface area (Å²) in [5.41, 5.74) is 1.68. The maximum Gasteiger partial charge on any atom is 0.123 e. The Labute approximate surface area is 171 Å². The fourth-order valence-corrected chi connectivity index (χ4v) is 4.27. The smallest absolute Gasteiger partial charge is 0.123 e. The van der Waals surface area contributed by atoms with E-state index in [4.69, 9.17) is 0 Å². The van der Waals surface area contributed by atoms with Crippen molar-refractivity contribution < 1.29 is 8.78 Å². The normalized spacial score (nSPS) is 21.6. The summed E-state index contributed by atoms with van der Waals surface area (Å²) in [5.74, 6) is 12.3. The lowest BCUT2D eigenvalue weighted by molar-refractivity contribution is 0.219. The summed E-state index contributed by atoms with van der Waals surface area (Å²) in [6.07, 6.45) is 4.92. The first-order valence-corrected chi connectivity index (χ1v) is 10.2. The zero-order valence-corrected chi connectivity index (χ0v) is 16.4. The second-order valence-electron chi connectivity index (χ2n) is 7.67. The highest BCUT2D eigenvalue weighted by Gasteiger charge is 2.40. The fourth-order valence-electron chi connectivity index (χ4n) is 4.27. The molecule has 0 radical (unpaired) electrons. The third kappa shape index (κ3) is 5.04. The SMILES string of the molecule is Fc1ccc(C#CCN2CN(CC#Cc3ccc(F)cc3)C3CCCCC32)cc1. The van der Waals surface area contributed by atoms with Crippen molar-refractivity contribution in [1.82, 2.24) is 9.80 Å². The molecule has 2 aliphatic rings. The molecule has 148 valence electrons. The molecule has 0 aromatic heterocycles.